The molecule has 0 unspecified atom stereocenters. The number of nitrogens with zero attached hydrogens (tertiary/aromatic N) is 2. The standard InChI is InChI=1S/C14H17N3S/c1-9-7-5-6-8-12(9)18-14-10(2)13(15-4)16-11(3)17-14/h5-8H,1-4H3,(H,15,16,17). The SMILES string of the molecule is CNc1nc(C)nc(Sc2ccccc2C)c1C. The van der Waals surface area contributed by atoms with Crippen molar-refractivity contribution < 1.29 is 0 Å². The van der Waals surface area contributed by atoms with E-state index in [1.165, 1.54) is 10.5 Å². The van der Waals surface area contributed by atoms with Crippen LogP contribution in [0.5, 0.6) is 0 Å². The number of rotatable bonds is 3. The van der Waals surface area contributed by atoms with E-state index < -0.39 is 0 Å². The summed E-state index contributed by atoms with van der Waals surface area (Å²) in [5.41, 5.74) is 2.36. The number of anilines is 1. The Balaban J connectivity index is 2.40. The van der Waals surface area contributed by atoms with Gasteiger partial charge in [-0.15, -0.1) is 0 Å². The van der Waals surface area contributed by atoms with Crippen molar-refractivity contribution in [1.29, 1.82) is 0 Å². The average molecular weight is 259 g/mol. The van der Waals surface area contributed by atoms with Gasteiger partial charge in [-0.3, -0.25) is 0 Å². The molecule has 0 amide bonds. The predicted molar refractivity (Wildman–Crippen MR) is 76.4 cm³/mol. The van der Waals surface area contributed by atoms with E-state index in [4.69, 9.17) is 0 Å². The molecule has 1 aromatic heterocycles. The molecule has 0 bridgehead atoms. The van der Waals surface area contributed by atoms with E-state index in [0.717, 1.165) is 22.2 Å². The quantitative estimate of drug-likeness (QED) is 0.855. The second kappa shape index (κ2) is 5.40. The summed E-state index contributed by atoms with van der Waals surface area (Å²) in [5, 5.41) is 4.13. The van der Waals surface area contributed by atoms with E-state index in [2.05, 4.69) is 46.5 Å². The van der Waals surface area contributed by atoms with Crippen LogP contribution in [-0.4, -0.2) is 17.0 Å². The Morgan fingerprint density at radius 2 is 1.78 bits per heavy atom. The Morgan fingerprint density at radius 1 is 1.06 bits per heavy atom. The number of aryl methyl sites for hydroxylation is 2. The minimum Gasteiger partial charge on any atom is -0.373 e. The first-order chi connectivity index (χ1) is 8.61. The van der Waals surface area contributed by atoms with Crippen LogP contribution in [0.3, 0.4) is 0 Å². The maximum absolute atomic E-state index is 4.53. The van der Waals surface area contributed by atoms with Crippen LogP contribution in [0.2, 0.25) is 0 Å². The second-order valence-electron chi connectivity index (χ2n) is 4.17. The van der Waals surface area contributed by atoms with E-state index in [9.17, 15) is 0 Å². The Labute approximate surface area is 112 Å². The Kier molecular flexibility index (Phi) is 3.87. The van der Waals surface area contributed by atoms with Gasteiger partial charge in [-0.05, 0) is 32.4 Å². The van der Waals surface area contributed by atoms with Crippen LogP contribution >= 0.6 is 11.8 Å². The van der Waals surface area contributed by atoms with Gasteiger partial charge in [0.15, 0.2) is 0 Å². The molecular weight excluding hydrogens is 242 g/mol. The fourth-order valence-electron chi connectivity index (χ4n) is 1.72. The minimum absolute atomic E-state index is 0.793. The third kappa shape index (κ3) is 2.64. The lowest BCUT2D eigenvalue weighted by molar-refractivity contribution is 0.940. The molecule has 1 aromatic carbocycles. The number of hydrogen-bond acceptors (Lipinski definition) is 4. The van der Waals surface area contributed by atoms with Crippen molar-refractivity contribution in [1.82, 2.24) is 9.97 Å². The summed E-state index contributed by atoms with van der Waals surface area (Å²) in [6, 6.07) is 8.34. The average Bonchev–Trinajstić information content (AvgIpc) is 2.36. The summed E-state index contributed by atoms with van der Waals surface area (Å²) in [6.45, 7) is 6.08. The molecule has 0 saturated carbocycles. The maximum Gasteiger partial charge on any atom is 0.133 e. The number of nitrogens with one attached hydrogen (secondary N) is 1. The summed E-state index contributed by atoms with van der Waals surface area (Å²) in [7, 11) is 1.89. The molecule has 0 aliphatic carbocycles. The van der Waals surface area contributed by atoms with E-state index in [1.54, 1.807) is 11.8 Å². The zero-order valence-electron chi connectivity index (χ0n) is 11.1. The van der Waals surface area contributed by atoms with Gasteiger partial charge in [-0.2, -0.15) is 0 Å². The zero-order chi connectivity index (χ0) is 13.1. The van der Waals surface area contributed by atoms with Gasteiger partial charge in [0.25, 0.3) is 0 Å². The summed E-state index contributed by atoms with van der Waals surface area (Å²) in [4.78, 5) is 10.1. The van der Waals surface area contributed by atoms with Crippen LogP contribution in [0.15, 0.2) is 34.2 Å². The summed E-state index contributed by atoms with van der Waals surface area (Å²) in [5.74, 6) is 1.69. The van der Waals surface area contributed by atoms with Gasteiger partial charge in [0.1, 0.15) is 16.7 Å². The molecule has 0 aliphatic heterocycles. The molecular formula is C14H17N3S. The minimum atomic E-state index is 0.793. The van der Waals surface area contributed by atoms with Gasteiger partial charge in [0.05, 0.1) is 0 Å². The van der Waals surface area contributed by atoms with Crippen LogP contribution in [0, 0.1) is 20.8 Å². The molecule has 94 valence electrons. The lowest BCUT2D eigenvalue weighted by Crippen LogP contribution is -2.02. The summed E-state index contributed by atoms with van der Waals surface area (Å²) >= 11 is 1.69. The molecule has 18 heavy (non-hydrogen) atoms. The Bertz CT molecular complexity index is 567. The second-order valence-corrected chi connectivity index (χ2v) is 5.20. The first kappa shape index (κ1) is 12.9. The molecule has 0 atom stereocenters. The van der Waals surface area contributed by atoms with Crippen LogP contribution < -0.4 is 5.32 Å². The van der Waals surface area contributed by atoms with Gasteiger partial charge in [-0.25, -0.2) is 9.97 Å². The Hall–Kier alpha value is -1.55. The topological polar surface area (TPSA) is 37.8 Å². The van der Waals surface area contributed by atoms with Gasteiger partial charge < -0.3 is 5.32 Å². The van der Waals surface area contributed by atoms with E-state index in [0.29, 0.717) is 0 Å². The largest absolute Gasteiger partial charge is 0.373 e. The molecule has 0 spiro atoms. The molecule has 0 fully saturated rings. The molecule has 1 heterocycles. The predicted octanol–water partition coefficient (Wildman–Crippen LogP) is 3.59. The third-order valence-electron chi connectivity index (χ3n) is 2.75. The highest BCUT2D eigenvalue weighted by atomic mass is 32.2. The lowest BCUT2D eigenvalue weighted by atomic mass is 10.2. The first-order valence-electron chi connectivity index (χ1n) is 5.88. The van der Waals surface area contributed by atoms with E-state index in [-0.39, 0.29) is 0 Å². The van der Waals surface area contributed by atoms with Crippen molar-refractivity contribution in [3.63, 3.8) is 0 Å². The molecule has 2 aromatic rings. The fourth-order valence-corrected chi connectivity index (χ4v) is 2.73. The third-order valence-corrected chi connectivity index (χ3v) is 4.02. The first-order valence-corrected chi connectivity index (χ1v) is 6.70. The highest BCUT2D eigenvalue weighted by Gasteiger charge is 2.10. The molecule has 2 rings (SSSR count). The smallest absolute Gasteiger partial charge is 0.133 e. The van der Waals surface area contributed by atoms with Crippen LogP contribution in [0.1, 0.15) is 17.0 Å². The van der Waals surface area contributed by atoms with Crippen LogP contribution in [0.25, 0.3) is 0 Å². The van der Waals surface area contributed by atoms with Crippen LogP contribution in [-0.2, 0) is 0 Å². The molecule has 3 nitrogen and oxygen atoms in total. The van der Waals surface area contributed by atoms with Crippen molar-refractivity contribution in [2.24, 2.45) is 0 Å². The lowest BCUT2D eigenvalue weighted by Gasteiger charge is -2.11. The zero-order valence-corrected chi connectivity index (χ0v) is 11.9. The highest BCUT2D eigenvalue weighted by molar-refractivity contribution is 7.99. The van der Waals surface area contributed by atoms with Crippen molar-refractivity contribution in [2.75, 3.05) is 12.4 Å². The van der Waals surface area contributed by atoms with E-state index >= 15 is 0 Å². The van der Waals surface area contributed by atoms with Gasteiger partial charge >= 0.3 is 0 Å². The molecule has 4 heteroatoms. The van der Waals surface area contributed by atoms with Gasteiger partial charge in [0, 0.05) is 17.5 Å². The van der Waals surface area contributed by atoms with Crippen molar-refractivity contribution in [3.05, 3.63) is 41.2 Å². The number of aromatic nitrogens is 2. The maximum atomic E-state index is 4.53. The van der Waals surface area contributed by atoms with Crippen molar-refractivity contribution in [2.45, 2.75) is 30.7 Å². The molecule has 0 radical (unpaired) electrons. The highest BCUT2D eigenvalue weighted by Crippen LogP contribution is 2.32. The Morgan fingerprint density at radius 3 is 2.44 bits per heavy atom. The van der Waals surface area contributed by atoms with E-state index in [1.807, 2.05) is 20.9 Å². The number of hydrogen-bond donors (Lipinski definition) is 1. The molecule has 0 saturated heterocycles. The molecule has 1 N–H and O–H groups in total. The van der Waals surface area contributed by atoms with Crippen molar-refractivity contribution in [3.8, 4) is 0 Å². The van der Waals surface area contributed by atoms with Gasteiger partial charge in [-0.1, -0.05) is 30.0 Å². The number of benzene rings is 1. The molecule has 0 aliphatic rings. The summed E-state index contributed by atoms with van der Waals surface area (Å²) < 4.78 is 0. The fraction of sp³-hybridized carbons (Fsp3) is 0.286. The van der Waals surface area contributed by atoms with Crippen LogP contribution in [0.4, 0.5) is 5.82 Å². The van der Waals surface area contributed by atoms with Crippen molar-refractivity contribution >= 4 is 17.6 Å². The monoisotopic (exact) mass is 259 g/mol. The summed E-state index contributed by atoms with van der Waals surface area (Å²) in [6.07, 6.45) is 0. The normalized spacial score (nSPS) is 10.4. The van der Waals surface area contributed by atoms with Gasteiger partial charge in [0.2, 0.25) is 0 Å².